The van der Waals surface area contributed by atoms with Gasteiger partial charge in [0.2, 0.25) is 11.8 Å². The van der Waals surface area contributed by atoms with Crippen molar-refractivity contribution >= 4 is 23.3 Å². The fraction of sp³-hybridized carbons (Fsp3) is 0.533. The van der Waals surface area contributed by atoms with Crippen molar-refractivity contribution in [1.29, 1.82) is 0 Å². The van der Waals surface area contributed by atoms with Gasteiger partial charge in [-0.05, 0) is 25.0 Å². The second-order valence-corrected chi connectivity index (χ2v) is 5.55. The Morgan fingerprint density at radius 2 is 2.00 bits per heavy atom. The maximum atomic E-state index is 11.8. The molecular weight excluding hydrogens is 268 g/mol. The van der Waals surface area contributed by atoms with Crippen LogP contribution in [0.1, 0.15) is 25.7 Å². The molecule has 0 radical (unpaired) electrons. The molecule has 0 aromatic carbocycles. The molecule has 1 aromatic rings. The average Bonchev–Trinajstić information content (AvgIpc) is 2.99. The monoisotopic (exact) mass is 290 g/mol. The number of carbonyl (C=O) groups excluding carboxylic acids is 2. The highest BCUT2D eigenvalue weighted by molar-refractivity contribution is 5.94. The maximum Gasteiger partial charge on any atom is 0.243 e. The molecule has 1 aromatic heterocycles. The first-order chi connectivity index (χ1) is 10.1. The van der Waals surface area contributed by atoms with Gasteiger partial charge in [-0.25, -0.2) is 4.98 Å². The number of hydrogen-bond acceptors (Lipinski definition) is 4. The molecule has 0 bridgehead atoms. The Balaban J connectivity index is 1.77. The van der Waals surface area contributed by atoms with Crippen LogP contribution in [0.2, 0.25) is 0 Å². The number of aromatic nitrogens is 1. The summed E-state index contributed by atoms with van der Waals surface area (Å²) in [4.78, 5) is 29.7. The number of hydrogen-bond donors (Lipinski definition) is 2. The highest BCUT2D eigenvalue weighted by atomic mass is 16.2. The van der Waals surface area contributed by atoms with Crippen molar-refractivity contribution in [2.75, 3.05) is 30.9 Å². The normalized spacial score (nSPS) is 14.8. The molecule has 0 spiro atoms. The summed E-state index contributed by atoms with van der Waals surface area (Å²) in [7, 11) is 3.80. The number of nitrogens with zero attached hydrogens (tertiary/aromatic N) is 2. The predicted octanol–water partition coefficient (Wildman–Crippen LogP) is 1.39. The third-order valence-corrected chi connectivity index (χ3v) is 3.64. The molecule has 114 valence electrons. The quantitative estimate of drug-likeness (QED) is 0.859. The Bertz CT molecular complexity index is 493. The molecule has 1 heterocycles. The zero-order valence-electron chi connectivity index (χ0n) is 12.6. The van der Waals surface area contributed by atoms with Crippen LogP contribution in [0.4, 0.5) is 11.5 Å². The first-order valence-corrected chi connectivity index (χ1v) is 7.27. The number of nitrogens with one attached hydrogen (secondary N) is 2. The SMILES string of the molecule is CN(C)c1ccc(NC(=O)CNC(=O)C2CCCC2)cn1. The van der Waals surface area contributed by atoms with Crippen LogP contribution in [-0.4, -0.2) is 37.4 Å². The molecule has 0 aliphatic heterocycles. The molecule has 0 saturated heterocycles. The zero-order chi connectivity index (χ0) is 15.2. The highest BCUT2D eigenvalue weighted by Crippen LogP contribution is 2.24. The van der Waals surface area contributed by atoms with Crippen LogP contribution < -0.4 is 15.5 Å². The standard InChI is InChI=1S/C15H22N4O2/c1-19(2)13-8-7-12(9-16-13)18-14(20)10-17-15(21)11-5-3-4-6-11/h7-9,11H,3-6,10H2,1-2H3,(H,17,21)(H,18,20). The third kappa shape index (κ3) is 4.44. The highest BCUT2D eigenvalue weighted by Gasteiger charge is 2.22. The van der Waals surface area contributed by atoms with Crippen LogP contribution in [-0.2, 0) is 9.59 Å². The van der Waals surface area contributed by atoms with E-state index in [0.717, 1.165) is 31.5 Å². The van der Waals surface area contributed by atoms with Crippen LogP contribution in [0.5, 0.6) is 0 Å². The fourth-order valence-corrected chi connectivity index (χ4v) is 2.43. The maximum absolute atomic E-state index is 11.8. The number of anilines is 2. The van der Waals surface area contributed by atoms with E-state index in [-0.39, 0.29) is 24.3 Å². The number of carbonyl (C=O) groups is 2. The second-order valence-electron chi connectivity index (χ2n) is 5.55. The Morgan fingerprint density at radius 1 is 1.29 bits per heavy atom. The number of pyridine rings is 1. The molecule has 6 nitrogen and oxygen atoms in total. The van der Waals surface area contributed by atoms with Crippen LogP contribution in [0.25, 0.3) is 0 Å². The van der Waals surface area contributed by atoms with E-state index >= 15 is 0 Å². The van der Waals surface area contributed by atoms with E-state index in [4.69, 9.17) is 0 Å². The summed E-state index contributed by atoms with van der Waals surface area (Å²) in [6.07, 6.45) is 5.68. The van der Waals surface area contributed by atoms with Crippen molar-refractivity contribution in [3.8, 4) is 0 Å². The number of rotatable bonds is 5. The molecule has 2 N–H and O–H groups in total. The Kier molecular flexibility index (Phi) is 5.14. The lowest BCUT2D eigenvalue weighted by Gasteiger charge is -2.12. The summed E-state index contributed by atoms with van der Waals surface area (Å²) in [5.41, 5.74) is 0.626. The van der Waals surface area contributed by atoms with E-state index in [1.54, 1.807) is 12.3 Å². The van der Waals surface area contributed by atoms with Crippen molar-refractivity contribution in [3.63, 3.8) is 0 Å². The molecule has 2 rings (SSSR count). The molecule has 1 aliphatic rings. The topological polar surface area (TPSA) is 74.3 Å². The minimum absolute atomic E-state index is 0.00473. The van der Waals surface area contributed by atoms with E-state index in [9.17, 15) is 9.59 Å². The molecular formula is C15H22N4O2. The van der Waals surface area contributed by atoms with Gasteiger partial charge in [-0.2, -0.15) is 0 Å². The van der Waals surface area contributed by atoms with Gasteiger partial charge in [0, 0.05) is 20.0 Å². The van der Waals surface area contributed by atoms with E-state index in [1.165, 1.54) is 0 Å². The lowest BCUT2D eigenvalue weighted by atomic mass is 10.1. The molecule has 2 amide bonds. The summed E-state index contributed by atoms with van der Waals surface area (Å²) in [6, 6.07) is 3.62. The minimum Gasteiger partial charge on any atom is -0.363 e. The van der Waals surface area contributed by atoms with E-state index in [0.29, 0.717) is 5.69 Å². The van der Waals surface area contributed by atoms with Crippen molar-refractivity contribution < 1.29 is 9.59 Å². The van der Waals surface area contributed by atoms with E-state index in [2.05, 4.69) is 15.6 Å². The second kappa shape index (κ2) is 7.06. The minimum atomic E-state index is -0.235. The lowest BCUT2D eigenvalue weighted by molar-refractivity contribution is -0.127. The van der Waals surface area contributed by atoms with Gasteiger partial charge in [0.15, 0.2) is 0 Å². The zero-order valence-corrected chi connectivity index (χ0v) is 12.6. The smallest absolute Gasteiger partial charge is 0.243 e. The summed E-state index contributed by atoms with van der Waals surface area (Å²) in [6.45, 7) is 0.00473. The van der Waals surface area contributed by atoms with Crippen molar-refractivity contribution in [2.45, 2.75) is 25.7 Å². The molecule has 0 atom stereocenters. The largest absolute Gasteiger partial charge is 0.363 e. The van der Waals surface area contributed by atoms with Crippen LogP contribution in [0, 0.1) is 5.92 Å². The third-order valence-electron chi connectivity index (χ3n) is 3.64. The van der Waals surface area contributed by atoms with Gasteiger partial charge < -0.3 is 15.5 Å². The lowest BCUT2D eigenvalue weighted by Crippen LogP contribution is -2.36. The van der Waals surface area contributed by atoms with Gasteiger partial charge in [0.25, 0.3) is 0 Å². The van der Waals surface area contributed by atoms with E-state index in [1.807, 2.05) is 25.1 Å². The first kappa shape index (κ1) is 15.3. The molecule has 6 heteroatoms. The molecule has 1 aliphatic carbocycles. The molecule has 0 unspecified atom stereocenters. The van der Waals surface area contributed by atoms with Crippen LogP contribution >= 0.6 is 0 Å². The van der Waals surface area contributed by atoms with Gasteiger partial charge in [-0.1, -0.05) is 12.8 Å². The van der Waals surface area contributed by atoms with Gasteiger partial charge >= 0.3 is 0 Å². The van der Waals surface area contributed by atoms with Gasteiger partial charge in [-0.15, -0.1) is 0 Å². The van der Waals surface area contributed by atoms with Crippen molar-refractivity contribution in [2.24, 2.45) is 5.92 Å². The summed E-state index contributed by atoms with van der Waals surface area (Å²) in [5, 5.41) is 5.41. The predicted molar refractivity (Wildman–Crippen MR) is 82.2 cm³/mol. The van der Waals surface area contributed by atoms with Crippen LogP contribution in [0.15, 0.2) is 18.3 Å². The van der Waals surface area contributed by atoms with E-state index < -0.39 is 0 Å². The fourth-order valence-electron chi connectivity index (χ4n) is 2.43. The van der Waals surface area contributed by atoms with Crippen LogP contribution in [0.3, 0.4) is 0 Å². The summed E-state index contributed by atoms with van der Waals surface area (Å²) < 4.78 is 0. The molecule has 1 saturated carbocycles. The van der Waals surface area contributed by atoms with Gasteiger partial charge in [-0.3, -0.25) is 9.59 Å². The molecule has 1 fully saturated rings. The van der Waals surface area contributed by atoms with Gasteiger partial charge in [0.1, 0.15) is 5.82 Å². The number of amides is 2. The van der Waals surface area contributed by atoms with Crippen molar-refractivity contribution in [3.05, 3.63) is 18.3 Å². The van der Waals surface area contributed by atoms with Crippen molar-refractivity contribution in [1.82, 2.24) is 10.3 Å². The summed E-state index contributed by atoms with van der Waals surface area (Å²) >= 11 is 0. The molecule has 21 heavy (non-hydrogen) atoms. The Morgan fingerprint density at radius 3 is 2.57 bits per heavy atom. The Labute approximate surface area is 124 Å². The average molecular weight is 290 g/mol. The Hall–Kier alpha value is -2.11. The summed E-state index contributed by atoms with van der Waals surface area (Å²) in [5.74, 6) is 0.658. The first-order valence-electron chi connectivity index (χ1n) is 7.27. The van der Waals surface area contributed by atoms with Gasteiger partial charge in [0.05, 0.1) is 18.4 Å².